The SMILES string of the molecule is Cc1[nH]c(CN)nc1-c1ccc2[nH]c(=O)[nH]c2c1. The Bertz CT molecular complexity index is 764. The van der Waals surface area contributed by atoms with Crippen LogP contribution < -0.4 is 11.4 Å². The molecule has 0 radical (unpaired) electrons. The first-order valence-corrected chi connectivity index (χ1v) is 5.65. The van der Waals surface area contributed by atoms with Gasteiger partial charge < -0.3 is 20.7 Å². The normalized spacial score (nSPS) is 11.2. The third-order valence-corrected chi connectivity index (χ3v) is 2.92. The van der Waals surface area contributed by atoms with E-state index in [4.69, 9.17) is 5.73 Å². The molecule has 2 aromatic heterocycles. The van der Waals surface area contributed by atoms with Gasteiger partial charge in [-0.25, -0.2) is 9.78 Å². The highest BCUT2D eigenvalue weighted by Gasteiger charge is 2.09. The van der Waals surface area contributed by atoms with Crippen molar-refractivity contribution in [3.63, 3.8) is 0 Å². The fourth-order valence-electron chi connectivity index (χ4n) is 2.08. The van der Waals surface area contributed by atoms with Crippen molar-refractivity contribution in [3.05, 3.63) is 40.2 Å². The van der Waals surface area contributed by atoms with Crippen LogP contribution in [-0.2, 0) is 6.54 Å². The van der Waals surface area contributed by atoms with Crippen LogP contribution in [0.25, 0.3) is 22.3 Å². The van der Waals surface area contributed by atoms with Gasteiger partial charge in [0.25, 0.3) is 0 Å². The Hall–Kier alpha value is -2.34. The highest BCUT2D eigenvalue weighted by Crippen LogP contribution is 2.23. The number of benzene rings is 1. The number of nitrogens with two attached hydrogens (primary N) is 1. The molecule has 0 aliphatic heterocycles. The van der Waals surface area contributed by atoms with Gasteiger partial charge in [-0.3, -0.25) is 0 Å². The highest BCUT2D eigenvalue weighted by molar-refractivity contribution is 5.81. The summed E-state index contributed by atoms with van der Waals surface area (Å²) in [6.45, 7) is 2.33. The molecule has 3 aromatic rings. The number of rotatable bonds is 2. The van der Waals surface area contributed by atoms with Gasteiger partial charge >= 0.3 is 5.69 Å². The summed E-state index contributed by atoms with van der Waals surface area (Å²) in [4.78, 5) is 24.2. The summed E-state index contributed by atoms with van der Waals surface area (Å²) in [6, 6.07) is 5.69. The average Bonchev–Trinajstić information content (AvgIpc) is 2.89. The summed E-state index contributed by atoms with van der Waals surface area (Å²) in [5.41, 5.74) is 9.69. The Balaban J connectivity index is 2.18. The molecule has 6 nitrogen and oxygen atoms in total. The van der Waals surface area contributed by atoms with Crippen molar-refractivity contribution in [1.29, 1.82) is 0 Å². The van der Waals surface area contributed by atoms with Gasteiger partial charge in [-0.1, -0.05) is 6.07 Å². The standard InChI is InChI=1S/C12H13N5O/c1-6-11(17-10(5-13)14-6)7-2-3-8-9(4-7)16-12(18)15-8/h2-4H,5,13H2,1H3,(H,14,17)(H2,15,16,18). The predicted molar refractivity (Wildman–Crippen MR) is 69.1 cm³/mol. The van der Waals surface area contributed by atoms with E-state index >= 15 is 0 Å². The monoisotopic (exact) mass is 243 g/mol. The predicted octanol–water partition coefficient (Wildman–Crippen LogP) is 1.01. The molecule has 92 valence electrons. The molecule has 0 saturated heterocycles. The molecule has 0 aliphatic rings. The first kappa shape index (κ1) is 10.8. The quantitative estimate of drug-likeness (QED) is 0.540. The zero-order chi connectivity index (χ0) is 12.7. The number of aromatic nitrogens is 4. The number of imidazole rings is 2. The van der Waals surface area contributed by atoms with E-state index in [0.717, 1.165) is 33.8 Å². The maximum Gasteiger partial charge on any atom is 0.323 e. The van der Waals surface area contributed by atoms with E-state index in [-0.39, 0.29) is 5.69 Å². The Kier molecular flexibility index (Phi) is 2.31. The minimum absolute atomic E-state index is 0.205. The average molecular weight is 243 g/mol. The zero-order valence-electron chi connectivity index (χ0n) is 9.87. The molecule has 6 heteroatoms. The van der Waals surface area contributed by atoms with Crippen molar-refractivity contribution in [3.8, 4) is 11.3 Å². The number of hydrogen-bond acceptors (Lipinski definition) is 3. The van der Waals surface area contributed by atoms with E-state index < -0.39 is 0 Å². The van der Waals surface area contributed by atoms with Crippen LogP contribution in [0.1, 0.15) is 11.5 Å². The summed E-state index contributed by atoms with van der Waals surface area (Å²) in [5, 5.41) is 0. The lowest BCUT2D eigenvalue weighted by atomic mass is 10.1. The van der Waals surface area contributed by atoms with Crippen molar-refractivity contribution in [1.82, 2.24) is 19.9 Å². The molecule has 0 spiro atoms. The van der Waals surface area contributed by atoms with Crippen LogP contribution in [0.3, 0.4) is 0 Å². The summed E-state index contributed by atoms with van der Waals surface area (Å²) < 4.78 is 0. The maximum absolute atomic E-state index is 11.2. The molecular formula is C12H13N5O. The van der Waals surface area contributed by atoms with Crippen LogP contribution in [0.2, 0.25) is 0 Å². The van der Waals surface area contributed by atoms with Crippen LogP contribution >= 0.6 is 0 Å². The lowest BCUT2D eigenvalue weighted by Crippen LogP contribution is -1.99. The van der Waals surface area contributed by atoms with E-state index in [1.807, 2.05) is 25.1 Å². The van der Waals surface area contributed by atoms with Crippen LogP contribution in [0.15, 0.2) is 23.0 Å². The van der Waals surface area contributed by atoms with Gasteiger partial charge in [0.1, 0.15) is 5.82 Å². The molecule has 18 heavy (non-hydrogen) atoms. The highest BCUT2D eigenvalue weighted by atomic mass is 16.1. The molecule has 0 bridgehead atoms. The molecule has 2 heterocycles. The fourth-order valence-corrected chi connectivity index (χ4v) is 2.08. The topological polar surface area (TPSA) is 103 Å². The molecule has 0 amide bonds. The second-order valence-electron chi connectivity index (χ2n) is 4.20. The van der Waals surface area contributed by atoms with Gasteiger partial charge in [-0.2, -0.15) is 0 Å². The van der Waals surface area contributed by atoms with E-state index in [1.165, 1.54) is 0 Å². The lowest BCUT2D eigenvalue weighted by molar-refractivity contribution is 0.944. The summed E-state index contributed by atoms with van der Waals surface area (Å²) in [6.07, 6.45) is 0. The molecule has 0 fully saturated rings. The summed E-state index contributed by atoms with van der Waals surface area (Å²) in [5.74, 6) is 0.755. The molecule has 0 atom stereocenters. The van der Waals surface area contributed by atoms with Crippen LogP contribution in [0, 0.1) is 6.92 Å². The van der Waals surface area contributed by atoms with Crippen LogP contribution in [-0.4, -0.2) is 19.9 Å². The van der Waals surface area contributed by atoms with Crippen LogP contribution in [0.5, 0.6) is 0 Å². The first-order valence-electron chi connectivity index (χ1n) is 5.65. The number of nitrogens with zero attached hydrogens (tertiary/aromatic N) is 1. The van der Waals surface area contributed by atoms with Crippen molar-refractivity contribution >= 4 is 11.0 Å². The van der Waals surface area contributed by atoms with Crippen molar-refractivity contribution in [2.45, 2.75) is 13.5 Å². The van der Waals surface area contributed by atoms with Gasteiger partial charge in [0.2, 0.25) is 0 Å². The van der Waals surface area contributed by atoms with E-state index in [0.29, 0.717) is 6.54 Å². The number of nitrogens with one attached hydrogen (secondary N) is 3. The Morgan fingerprint density at radius 2 is 2.00 bits per heavy atom. The fraction of sp³-hybridized carbons (Fsp3) is 0.167. The van der Waals surface area contributed by atoms with Gasteiger partial charge in [0.15, 0.2) is 0 Å². The smallest absolute Gasteiger partial charge is 0.323 e. The Labute approximate surface area is 102 Å². The Morgan fingerprint density at radius 3 is 2.72 bits per heavy atom. The number of hydrogen-bond donors (Lipinski definition) is 4. The number of aryl methyl sites for hydroxylation is 1. The third-order valence-electron chi connectivity index (χ3n) is 2.92. The van der Waals surface area contributed by atoms with E-state index in [9.17, 15) is 4.79 Å². The summed E-state index contributed by atoms with van der Waals surface area (Å²) in [7, 11) is 0. The molecule has 3 rings (SSSR count). The second-order valence-corrected chi connectivity index (χ2v) is 4.20. The number of fused-ring (bicyclic) bond motifs is 1. The van der Waals surface area contributed by atoms with Crippen molar-refractivity contribution in [2.24, 2.45) is 5.73 Å². The van der Waals surface area contributed by atoms with Crippen molar-refractivity contribution in [2.75, 3.05) is 0 Å². The minimum atomic E-state index is -0.205. The Morgan fingerprint density at radius 1 is 1.22 bits per heavy atom. The third kappa shape index (κ3) is 1.63. The van der Waals surface area contributed by atoms with Gasteiger partial charge in [0, 0.05) is 11.3 Å². The first-order chi connectivity index (χ1) is 8.67. The molecule has 1 aromatic carbocycles. The number of aromatic amines is 3. The molecular weight excluding hydrogens is 230 g/mol. The van der Waals surface area contributed by atoms with Gasteiger partial charge in [-0.15, -0.1) is 0 Å². The van der Waals surface area contributed by atoms with Crippen molar-refractivity contribution < 1.29 is 0 Å². The molecule has 0 unspecified atom stereocenters. The zero-order valence-corrected chi connectivity index (χ0v) is 9.87. The largest absolute Gasteiger partial charge is 0.344 e. The molecule has 0 saturated carbocycles. The summed E-state index contributed by atoms with van der Waals surface area (Å²) >= 11 is 0. The second kappa shape index (κ2) is 3.85. The van der Waals surface area contributed by atoms with Gasteiger partial charge in [-0.05, 0) is 19.1 Å². The molecule has 0 aliphatic carbocycles. The lowest BCUT2D eigenvalue weighted by Gasteiger charge is -1.98. The maximum atomic E-state index is 11.2. The van der Waals surface area contributed by atoms with E-state index in [1.54, 1.807) is 0 Å². The number of H-pyrrole nitrogens is 3. The van der Waals surface area contributed by atoms with Crippen LogP contribution in [0.4, 0.5) is 0 Å². The van der Waals surface area contributed by atoms with Gasteiger partial charge in [0.05, 0.1) is 23.3 Å². The van der Waals surface area contributed by atoms with E-state index in [2.05, 4.69) is 19.9 Å². The minimum Gasteiger partial charge on any atom is -0.344 e. The molecule has 5 N–H and O–H groups in total.